The molecule has 2 unspecified atom stereocenters. The van der Waals surface area contributed by atoms with Crippen LogP contribution < -0.4 is 15.0 Å². The van der Waals surface area contributed by atoms with Crippen LogP contribution in [0.5, 0.6) is 5.75 Å². The van der Waals surface area contributed by atoms with Gasteiger partial charge in [0, 0.05) is 30.9 Å². The van der Waals surface area contributed by atoms with E-state index in [2.05, 4.69) is 59.1 Å². The van der Waals surface area contributed by atoms with E-state index < -0.39 is 0 Å². The Morgan fingerprint density at radius 3 is 2.76 bits per heavy atom. The molecule has 1 aromatic carbocycles. The van der Waals surface area contributed by atoms with Gasteiger partial charge in [-0.2, -0.15) is 0 Å². The fourth-order valence-electron chi connectivity index (χ4n) is 3.10. The van der Waals surface area contributed by atoms with E-state index in [9.17, 15) is 0 Å². The first-order valence-electron chi connectivity index (χ1n) is 7.90. The normalized spacial score (nSPS) is 22.7. The number of anilines is 1. The number of hydrogen-bond acceptors (Lipinski definition) is 3. The molecule has 4 heteroatoms. The van der Waals surface area contributed by atoms with Gasteiger partial charge in [-0.3, -0.25) is 0 Å². The van der Waals surface area contributed by atoms with Crippen LogP contribution in [0.1, 0.15) is 33.6 Å². The van der Waals surface area contributed by atoms with Crippen molar-refractivity contribution in [2.45, 2.75) is 45.7 Å². The van der Waals surface area contributed by atoms with Crippen LogP contribution in [0.25, 0.3) is 0 Å². The molecule has 0 aliphatic carbocycles. The van der Waals surface area contributed by atoms with Crippen molar-refractivity contribution in [2.75, 3.05) is 25.1 Å². The van der Waals surface area contributed by atoms with E-state index in [4.69, 9.17) is 4.74 Å². The second-order valence-corrected chi connectivity index (χ2v) is 7.03. The predicted molar refractivity (Wildman–Crippen MR) is 93.4 cm³/mol. The molecular formula is C17H27BrN2O. The van der Waals surface area contributed by atoms with Crippen molar-refractivity contribution in [3.63, 3.8) is 0 Å². The van der Waals surface area contributed by atoms with Crippen molar-refractivity contribution < 1.29 is 4.74 Å². The van der Waals surface area contributed by atoms with Gasteiger partial charge in [0.25, 0.3) is 0 Å². The lowest BCUT2D eigenvalue weighted by Gasteiger charge is -2.44. The topological polar surface area (TPSA) is 24.5 Å². The largest absolute Gasteiger partial charge is 0.496 e. The molecule has 0 aromatic heterocycles. The molecule has 2 rings (SSSR count). The lowest BCUT2D eigenvalue weighted by Crippen LogP contribution is -2.58. The van der Waals surface area contributed by atoms with Crippen molar-refractivity contribution in [3.05, 3.63) is 22.7 Å². The van der Waals surface area contributed by atoms with Gasteiger partial charge in [0.2, 0.25) is 0 Å². The Bertz CT molecular complexity index is 464. The Morgan fingerprint density at radius 1 is 1.43 bits per heavy atom. The van der Waals surface area contributed by atoms with E-state index in [0.717, 1.165) is 23.3 Å². The third-order valence-electron chi connectivity index (χ3n) is 4.31. The Hall–Kier alpha value is -0.740. The fraction of sp³-hybridized carbons (Fsp3) is 0.647. The molecule has 0 radical (unpaired) electrons. The van der Waals surface area contributed by atoms with E-state index >= 15 is 0 Å². The van der Waals surface area contributed by atoms with Crippen LogP contribution in [0, 0.1) is 5.92 Å². The maximum absolute atomic E-state index is 5.34. The second-order valence-electron chi connectivity index (χ2n) is 6.18. The van der Waals surface area contributed by atoms with Gasteiger partial charge in [-0.1, -0.05) is 27.2 Å². The van der Waals surface area contributed by atoms with Crippen molar-refractivity contribution >= 4 is 21.6 Å². The number of hydrogen-bond donors (Lipinski definition) is 1. The van der Waals surface area contributed by atoms with Crippen LogP contribution in [0.4, 0.5) is 5.69 Å². The molecule has 3 nitrogen and oxygen atoms in total. The molecule has 0 spiro atoms. The average molecular weight is 355 g/mol. The maximum Gasteiger partial charge on any atom is 0.133 e. The fourth-order valence-corrected chi connectivity index (χ4v) is 3.63. The second kappa shape index (κ2) is 7.50. The highest BCUT2D eigenvalue weighted by molar-refractivity contribution is 9.10. The third kappa shape index (κ3) is 3.92. The Kier molecular flexibility index (Phi) is 5.94. The lowest BCUT2D eigenvalue weighted by molar-refractivity contribution is 0.327. The standard InChI is InChI=1S/C17H27BrN2O/c1-5-6-13-11-20(16(10-19-13)12(2)3)14-7-8-17(21-4)15(18)9-14/h7-9,12-13,16,19H,5-6,10-11H2,1-4H3. The van der Waals surface area contributed by atoms with Crippen LogP contribution in [-0.4, -0.2) is 32.3 Å². The SMILES string of the molecule is CCCC1CN(c2ccc(OC)c(Br)c2)C(C(C)C)CN1. The number of ether oxygens (including phenoxy) is 1. The summed E-state index contributed by atoms with van der Waals surface area (Å²) in [5, 5.41) is 3.71. The van der Waals surface area contributed by atoms with E-state index in [1.54, 1.807) is 7.11 Å². The highest BCUT2D eigenvalue weighted by atomic mass is 79.9. The van der Waals surface area contributed by atoms with Crippen molar-refractivity contribution in [3.8, 4) is 5.75 Å². The summed E-state index contributed by atoms with van der Waals surface area (Å²) in [5.41, 5.74) is 1.28. The van der Waals surface area contributed by atoms with Crippen molar-refractivity contribution in [1.82, 2.24) is 5.32 Å². The van der Waals surface area contributed by atoms with Gasteiger partial charge in [-0.25, -0.2) is 0 Å². The number of benzene rings is 1. The molecule has 1 saturated heterocycles. The van der Waals surface area contributed by atoms with E-state index in [-0.39, 0.29) is 0 Å². The maximum atomic E-state index is 5.34. The molecule has 1 aromatic rings. The number of halogens is 1. The van der Waals surface area contributed by atoms with Gasteiger partial charge in [0.15, 0.2) is 0 Å². The van der Waals surface area contributed by atoms with Crippen LogP contribution in [0.2, 0.25) is 0 Å². The molecule has 0 saturated carbocycles. The lowest BCUT2D eigenvalue weighted by atomic mass is 9.96. The van der Waals surface area contributed by atoms with Crippen molar-refractivity contribution in [1.29, 1.82) is 0 Å². The summed E-state index contributed by atoms with van der Waals surface area (Å²) in [6, 6.07) is 7.54. The molecule has 1 N–H and O–H groups in total. The smallest absolute Gasteiger partial charge is 0.133 e. The summed E-state index contributed by atoms with van der Waals surface area (Å²) < 4.78 is 6.37. The van der Waals surface area contributed by atoms with Gasteiger partial charge < -0.3 is 15.0 Å². The summed E-state index contributed by atoms with van der Waals surface area (Å²) in [6.07, 6.45) is 2.46. The third-order valence-corrected chi connectivity index (χ3v) is 4.93. The number of piperazine rings is 1. The molecular weight excluding hydrogens is 328 g/mol. The molecule has 1 fully saturated rings. The number of nitrogens with zero attached hydrogens (tertiary/aromatic N) is 1. The molecule has 118 valence electrons. The Morgan fingerprint density at radius 2 is 2.19 bits per heavy atom. The van der Waals surface area contributed by atoms with Gasteiger partial charge in [-0.05, 0) is 46.5 Å². The van der Waals surface area contributed by atoms with Gasteiger partial charge in [0.1, 0.15) is 5.75 Å². The molecule has 1 heterocycles. The Labute approximate surface area is 137 Å². The van der Waals surface area contributed by atoms with Gasteiger partial charge in [-0.15, -0.1) is 0 Å². The Balaban J connectivity index is 2.24. The molecule has 2 atom stereocenters. The first-order chi connectivity index (χ1) is 10.1. The van der Waals surface area contributed by atoms with Crippen LogP contribution in [-0.2, 0) is 0 Å². The van der Waals surface area contributed by atoms with Crippen LogP contribution in [0.15, 0.2) is 22.7 Å². The molecule has 1 aliphatic rings. The minimum atomic E-state index is 0.540. The molecule has 0 bridgehead atoms. The monoisotopic (exact) mass is 354 g/mol. The first-order valence-corrected chi connectivity index (χ1v) is 8.69. The van der Waals surface area contributed by atoms with Crippen molar-refractivity contribution in [2.24, 2.45) is 5.92 Å². The molecule has 1 aliphatic heterocycles. The minimum absolute atomic E-state index is 0.540. The van der Waals surface area contributed by atoms with Crippen LogP contribution >= 0.6 is 15.9 Å². The summed E-state index contributed by atoms with van der Waals surface area (Å²) in [7, 11) is 1.71. The summed E-state index contributed by atoms with van der Waals surface area (Å²) >= 11 is 3.61. The number of nitrogens with one attached hydrogen (secondary N) is 1. The van der Waals surface area contributed by atoms with E-state index in [1.807, 2.05) is 6.07 Å². The highest BCUT2D eigenvalue weighted by Crippen LogP contribution is 2.32. The molecule has 21 heavy (non-hydrogen) atoms. The first kappa shape index (κ1) is 16.6. The summed E-state index contributed by atoms with van der Waals surface area (Å²) in [6.45, 7) is 9.00. The molecule has 0 amide bonds. The van der Waals surface area contributed by atoms with Gasteiger partial charge >= 0.3 is 0 Å². The zero-order chi connectivity index (χ0) is 15.4. The highest BCUT2D eigenvalue weighted by Gasteiger charge is 2.29. The number of methoxy groups -OCH3 is 1. The quantitative estimate of drug-likeness (QED) is 0.862. The predicted octanol–water partition coefficient (Wildman–Crippen LogP) is 4.06. The summed E-state index contributed by atoms with van der Waals surface area (Å²) in [4.78, 5) is 2.56. The average Bonchev–Trinajstić information content (AvgIpc) is 2.47. The van der Waals surface area contributed by atoms with Crippen LogP contribution in [0.3, 0.4) is 0 Å². The zero-order valence-electron chi connectivity index (χ0n) is 13.5. The van der Waals surface area contributed by atoms with E-state index in [1.165, 1.54) is 18.5 Å². The minimum Gasteiger partial charge on any atom is -0.496 e. The summed E-state index contributed by atoms with van der Waals surface area (Å²) in [5.74, 6) is 1.51. The zero-order valence-corrected chi connectivity index (χ0v) is 15.1. The van der Waals surface area contributed by atoms with E-state index in [0.29, 0.717) is 18.0 Å². The van der Waals surface area contributed by atoms with Gasteiger partial charge in [0.05, 0.1) is 11.6 Å². The number of rotatable bonds is 5.